The summed E-state index contributed by atoms with van der Waals surface area (Å²) in [5.74, 6) is 0.0671. The van der Waals surface area contributed by atoms with Gasteiger partial charge in [-0.1, -0.05) is 0 Å². The van der Waals surface area contributed by atoms with Crippen molar-refractivity contribution in [3.8, 4) is 5.69 Å². The van der Waals surface area contributed by atoms with Gasteiger partial charge in [0.1, 0.15) is 5.82 Å². The number of rotatable bonds is 6. The lowest BCUT2D eigenvalue weighted by Gasteiger charge is -2.51. The van der Waals surface area contributed by atoms with E-state index in [0.717, 1.165) is 48.8 Å². The molecule has 3 atom stereocenters. The molecule has 7 nitrogen and oxygen atoms in total. The summed E-state index contributed by atoms with van der Waals surface area (Å²) in [5, 5.41) is 1.16. The number of piperidine rings is 1. The summed E-state index contributed by atoms with van der Waals surface area (Å²) in [6.45, 7) is 14.1. The maximum absolute atomic E-state index is 14.4. The van der Waals surface area contributed by atoms with Gasteiger partial charge in [-0.25, -0.2) is 4.39 Å². The number of fused-ring (bicyclic) bond motifs is 1. The number of likely N-dealkylation sites (tertiary alicyclic amines) is 2. The van der Waals surface area contributed by atoms with Gasteiger partial charge in [0.25, 0.3) is 5.91 Å². The topological polar surface area (TPSA) is 61.7 Å². The van der Waals surface area contributed by atoms with E-state index < -0.39 is 5.82 Å². The largest absolute Gasteiger partial charge is 0.339 e. The second-order valence-corrected chi connectivity index (χ2v) is 12.3. The van der Waals surface area contributed by atoms with Crippen molar-refractivity contribution in [3.63, 3.8) is 0 Å². The van der Waals surface area contributed by atoms with Crippen molar-refractivity contribution in [2.24, 2.45) is 5.92 Å². The number of nitrogens with zero attached hydrogens (tertiary/aromatic N) is 5. The minimum Gasteiger partial charge on any atom is -0.339 e. The molecule has 40 heavy (non-hydrogen) atoms. The number of carbonyl (C=O) groups excluding carboxylic acids is 2. The molecule has 3 aromatic rings. The number of amides is 2. The van der Waals surface area contributed by atoms with Crippen molar-refractivity contribution >= 4 is 22.7 Å². The Balaban J connectivity index is 1.40. The number of aromatic nitrogens is 2. The maximum atomic E-state index is 14.4. The normalized spacial score (nSPS) is 22.1. The SMILES string of the molecule is CC(=O)N1[C@H](C)CC(N2CC(Cc3cn(-c4ccc(F)cc4C(=O)N(C)C(C)C)c4cncc(C)c34)C2)C[C@@H]1C. The first-order valence-electron chi connectivity index (χ1n) is 14.5. The average Bonchev–Trinajstić information content (AvgIpc) is 3.23. The minimum atomic E-state index is -0.428. The highest BCUT2D eigenvalue weighted by atomic mass is 19.1. The van der Waals surface area contributed by atoms with Gasteiger partial charge in [-0.3, -0.25) is 19.5 Å². The molecule has 1 aromatic carbocycles. The number of aryl methyl sites for hydroxylation is 1. The highest BCUT2D eigenvalue weighted by molar-refractivity contribution is 5.99. The van der Waals surface area contributed by atoms with Crippen LogP contribution in [0.2, 0.25) is 0 Å². The van der Waals surface area contributed by atoms with Crippen molar-refractivity contribution in [2.75, 3.05) is 20.1 Å². The average molecular weight is 548 g/mol. The third-order valence-corrected chi connectivity index (χ3v) is 9.07. The first-order valence-corrected chi connectivity index (χ1v) is 14.5. The molecule has 0 N–H and O–H groups in total. The van der Waals surface area contributed by atoms with E-state index in [4.69, 9.17) is 0 Å². The maximum Gasteiger partial charge on any atom is 0.256 e. The molecule has 4 heterocycles. The Morgan fingerprint density at radius 1 is 1.12 bits per heavy atom. The molecule has 2 aliphatic rings. The fraction of sp³-hybridized carbons (Fsp3) is 0.531. The Morgan fingerprint density at radius 2 is 1.80 bits per heavy atom. The van der Waals surface area contributed by atoms with Crippen LogP contribution in [0, 0.1) is 18.7 Å². The van der Waals surface area contributed by atoms with Crippen molar-refractivity contribution in [3.05, 3.63) is 59.3 Å². The van der Waals surface area contributed by atoms with E-state index in [0.29, 0.717) is 23.2 Å². The van der Waals surface area contributed by atoms with E-state index in [1.165, 1.54) is 17.7 Å². The predicted molar refractivity (Wildman–Crippen MR) is 156 cm³/mol. The molecule has 8 heteroatoms. The Hall–Kier alpha value is -3.26. The molecule has 0 spiro atoms. The summed E-state index contributed by atoms with van der Waals surface area (Å²) < 4.78 is 16.4. The van der Waals surface area contributed by atoms with Gasteiger partial charge in [0, 0.05) is 69.0 Å². The van der Waals surface area contributed by atoms with Crippen LogP contribution >= 0.6 is 0 Å². The smallest absolute Gasteiger partial charge is 0.256 e. The summed E-state index contributed by atoms with van der Waals surface area (Å²) in [6, 6.07) is 5.49. The molecule has 2 saturated heterocycles. The first-order chi connectivity index (χ1) is 19.0. The zero-order valence-corrected chi connectivity index (χ0v) is 24.8. The van der Waals surface area contributed by atoms with Gasteiger partial charge in [-0.05, 0) is 89.1 Å². The van der Waals surface area contributed by atoms with E-state index in [1.807, 2.05) is 35.7 Å². The molecule has 214 valence electrons. The van der Waals surface area contributed by atoms with Crippen molar-refractivity contribution < 1.29 is 14.0 Å². The van der Waals surface area contributed by atoms with Crippen molar-refractivity contribution in [2.45, 2.75) is 85.0 Å². The van der Waals surface area contributed by atoms with Crippen LogP contribution in [-0.4, -0.2) is 80.4 Å². The van der Waals surface area contributed by atoms with E-state index in [-0.39, 0.29) is 29.9 Å². The van der Waals surface area contributed by atoms with E-state index in [9.17, 15) is 14.0 Å². The Labute approximate surface area is 236 Å². The number of pyridine rings is 1. The molecular weight excluding hydrogens is 505 g/mol. The Kier molecular flexibility index (Phi) is 7.75. The summed E-state index contributed by atoms with van der Waals surface area (Å²) >= 11 is 0. The van der Waals surface area contributed by atoms with Crippen LogP contribution in [0.15, 0.2) is 36.8 Å². The predicted octanol–water partition coefficient (Wildman–Crippen LogP) is 5.22. The van der Waals surface area contributed by atoms with Crippen molar-refractivity contribution in [1.29, 1.82) is 0 Å². The van der Waals surface area contributed by atoms with Crippen LogP contribution in [0.3, 0.4) is 0 Å². The monoisotopic (exact) mass is 547 g/mol. The quantitative estimate of drug-likeness (QED) is 0.425. The summed E-state index contributed by atoms with van der Waals surface area (Å²) in [6.07, 6.45) is 8.82. The molecular formula is C32H42FN5O2. The number of hydrogen-bond donors (Lipinski definition) is 0. The number of carbonyl (C=O) groups is 2. The zero-order valence-electron chi connectivity index (χ0n) is 24.8. The van der Waals surface area contributed by atoms with Gasteiger partial charge in [0.2, 0.25) is 5.91 Å². The number of halogens is 1. The van der Waals surface area contributed by atoms with Crippen LogP contribution in [0.4, 0.5) is 4.39 Å². The zero-order chi connectivity index (χ0) is 28.9. The highest BCUT2D eigenvalue weighted by Crippen LogP contribution is 2.35. The second kappa shape index (κ2) is 11.0. The molecule has 0 aliphatic carbocycles. The lowest BCUT2D eigenvalue weighted by molar-refractivity contribution is -0.137. The molecule has 2 aromatic heterocycles. The van der Waals surface area contributed by atoms with Gasteiger partial charge >= 0.3 is 0 Å². The van der Waals surface area contributed by atoms with Crippen LogP contribution in [0.25, 0.3) is 16.6 Å². The fourth-order valence-corrected chi connectivity index (χ4v) is 6.92. The van der Waals surface area contributed by atoms with E-state index in [2.05, 4.69) is 36.9 Å². The lowest BCUT2D eigenvalue weighted by Crippen LogP contribution is -2.59. The van der Waals surface area contributed by atoms with Crippen LogP contribution in [0.1, 0.15) is 68.9 Å². The van der Waals surface area contributed by atoms with Crippen LogP contribution in [0.5, 0.6) is 0 Å². The molecule has 0 saturated carbocycles. The fourth-order valence-electron chi connectivity index (χ4n) is 6.92. The third kappa shape index (κ3) is 5.14. The van der Waals surface area contributed by atoms with Gasteiger partial charge < -0.3 is 14.4 Å². The van der Waals surface area contributed by atoms with Gasteiger partial charge in [0.05, 0.1) is 23.0 Å². The summed E-state index contributed by atoms with van der Waals surface area (Å²) in [4.78, 5) is 36.2. The second-order valence-electron chi connectivity index (χ2n) is 12.3. The Morgan fingerprint density at radius 3 is 2.42 bits per heavy atom. The highest BCUT2D eigenvalue weighted by Gasteiger charge is 2.39. The lowest BCUT2D eigenvalue weighted by atomic mass is 9.85. The first kappa shape index (κ1) is 28.3. The molecule has 2 amide bonds. The molecule has 0 radical (unpaired) electrons. The van der Waals surface area contributed by atoms with Gasteiger partial charge in [-0.15, -0.1) is 0 Å². The molecule has 0 bridgehead atoms. The number of benzene rings is 1. The van der Waals surface area contributed by atoms with E-state index >= 15 is 0 Å². The van der Waals surface area contributed by atoms with Crippen LogP contribution in [-0.2, 0) is 11.2 Å². The molecule has 2 aliphatic heterocycles. The molecule has 2 fully saturated rings. The number of hydrogen-bond acceptors (Lipinski definition) is 4. The minimum absolute atomic E-state index is 0.00766. The van der Waals surface area contributed by atoms with E-state index in [1.54, 1.807) is 24.9 Å². The third-order valence-electron chi connectivity index (χ3n) is 9.07. The Bertz CT molecular complexity index is 1410. The van der Waals surface area contributed by atoms with Crippen LogP contribution < -0.4 is 0 Å². The summed E-state index contributed by atoms with van der Waals surface area (Å²) in [5.41, 5.74) is 4.26. The van der Waals surface area contributed by atoms with Gasteiger partial charge in [0.15, 0.2) is 0 Å². The molecule has 5 rings (SSSR count). The van der Waals surface area contributed by atoms with Crippen molar-refractivity contribution in [1.82, 2.24) is 24.3 Å². The summed E-state index contributed by atoms with van der Waals surface area (Å²) in [7, 11) is 1.75. The molecule has 1 unspecified atom stereocenters. The standard InChI is InChI=1S/C32H42FN5O2/c1-19(2)35(7)32(40)28-13-26(33)8-9-29(28)37-18-25(31-20(3)14-34-15-30(31)37)12-24-16-36(17-24)27-10-21(4)38(23(6)39)22(5)11-27/h8-9,13-15,18-19,21-22,24,27H,10-12,16-17H2,1-7H3/t21-,22+,27?. The van der Waals surface area contributed by atoms with Gasteiger partial charge in [-0.2, -0.15) is 0 Å².